The Balaban J connectivity index is 1.69. The largest absolute Gasteiger partial charge is 0.494 e. The van der Waals surface area contributed by atoms with Gasteiger partial charge in [-0.1, -0.05) is 0 Å². The maximum Gasteiger partial charge on any atom is 0.322 e. The van der Waals surface area contributed by atoms with E-state index in [0.29, 0.717) is 6.61 Å². The fraction of sp³-hybridized carbons (Fsp3) is 0.444. The van der Waals surface area contributed by atoms with Crippen LogP contribution in [0.1, 0.15) is 38.4 Å². The SMILES string of the molecule is CCOc1ccc(NC(=O)N2CCC[C@H]2c2ccnn2CC)cc1. The van der Waals surface area contributed by atoms with Gasteiger partial charge in [0.05, 0.1) is 18.3 Å². The number of hydrogen-bond acceptors (Lipinski definition) is 3. The number of aryl methyl sites for hydroxylation is 1. The van der Waals surface area contributed by atoms with Crippen molar-refractivity contribution in [2.75, 3.05) is 18.5 Å². The van der Waals surface area contributed by atoms with Crippen LogP contribution in [0.15, 0.2) is 36.5 Å². The van der Waals surface area contributed by atoms with Crippen LogP contribution in [0.3, 0.4) is 0 Å². The van der Waals surface area contributed by atoms with Gasteiger partial charge in [0.15, 0.2) is 0 Å². The zero-order valence-electron chi connectivity index (χ0n) is 14.2. The van der Waals surface area contributed by atoms with Crippen LogP contribution in [0.4, 0.5) is 10.5 Å². The van der Waals surface area contributed by atoms with Gasteiger partial charge >= 0.3 is 6.03 Å². The van der Waals surface area contributed by atoms with Gasteiger partial charge in [0.2, 0.25) is 0 Å². The molecule has 24 heavy (non-hydrogen) atoms. The molecule has 6 heteroatoms. The lowest BCUT2D eigenvalue weighted by Gasteiger charge is -2.25. The first-order chi connectivity index (χ1) is 11.7. The van der Waals surface area contributed by atoms with E-state index in [-0.39, 0.29) is 12.1 Å². The van der Waals surface area contributed by atoms with Crippen LogP contribution < -0.4 is 10.1 Å². The van der Waals surface area contributed by atoms with Gasteiger partial charge < -0.3 is 15.0 Å². The number of ether oxygens (including phenoxy) is 1. The second-order valence-electron chi connectivity index (χ2n) is 5.81. The van der Waals surface area contributed by atoms with Crippen LogP contribution in [-0.4, -0.2) is 33.9 Å². The van der Waals surface area contributed by atoms with E-state index in [1.807, 2.05) is 46.8 Å². The molecule has 1 N–H and O–H groups in total. The number of carbonyl (C=O) groups excluding carboxylic acids is 1. The molecule has 1 aliphatic heterocycles. The van der Waals surface area contributed by atoms with Crippen molar-refractivity contribution in [3.05, 3.63) is 42.2 Å². The molecular weight excluding hydrogens is 304 g/mol. The zero-order chi connectivity index (χ0) is 16.9. The number of aromatic nitrogens is 2. The van der Waals surface area contributed by atoms with E-state index in [1.165, 1.54) is 0 Å². The molecule has 1 aromatic carbocycles. The van der Waals surface area contributed by atoms with E-state index in [1.54, 1.807) is 6.20 Å². The number of urea groups is 1. The number of nitrogens with one attached hydrogen (secondary N) is 1. The fourth-order valence-corrected chi connectivity index (χ4v) is 3.20. The highest BCUT2D eigenvalue weighted by Gasteiger charge is 2.32. The molecule has 1 atom stereocenters. The Morgan fingerprint density at radius 2 is 2.08 bits per heavy atom. The van der Waals surface area contributed by atoms with Gasteiger partial charge in [0, 0.05) is 25.0 Å². The minimum atomic E-state index is -0.0643. The first kappa shape index (κ1) is 16.4. The van der Waals surface area contributed by atoms with Gasteiger partial charge in [0.1, 0.15) is 5.75 Å². The van der Waals surface area contributed by atoms with Crippen LogP contribution in [-0.2, 0) is 6.54 Å². The number of rotatable bonds is 5. The van der Waals surface area contributed by atoms with Crippen LogP contribution in [0, 0.1) is 0 Å². The Labute approximate surface area is 142 Å². The highest BCUT2D eigenvalue weighted by molar-refractivity contribution is 5.89. The maximum absolute atomic E-state index is 12.7. The summed E-state index contributed by atoms with van der Waals surface area (Å²) in [5.41, 5.74) is 1.88. The van der Waals surface area contributed by atoms with E-state index < -0.39 is 0 Å². The van der Waals surface area contributed by atoms with Crippen molar-refractivity contribution in [1.29, 1.82) is 0 Å². The summed E-state index contributed by atoms with van der Waals surface area (Å²) in [6.07, 6.45) is 3.79. The zero-order valence-corrected chi connectivity index (χ0v) is 14.2. The molecule has 0 spiro atoms. The van der Waals surface area contributed by atoms with Crippen molar-refractivity contribution in [1.82, 2.24) is 14.7 Å². The van der Waals surface area contributed by atoms with E-state index in [2.05, 4.69) is 17.3 Å². The van der Waals surface area contributed by atoms with Crippen molar-refractivity contribution < 1.29 is 9.53 Å². The lowest BCUT2D eigenvalue weighted by atomic mass is 10.1. The summed E-state index contributed by atoms with van der Waals surface area (Å²) in [7, 11) is 0. The molecular formula is C18H24N4O2. The second kappa shape index (κ2) is 7.38. The summed E-state index contributed by atoms with van der Waals surface area (Å²) < 4.78 is 7.39. The Bertz CT molecular complexity index is 681. The van der Waals surface area contributed by atoms with Gasteiger partial charge in [0.25, 0.3) is 0 Å². The van der Waals surface area contributed by atoms with E-state index in [0.717, 1.165) is 43.1 Å². The lowest BCUT2D eigenvalue weighted by Crippen LogP contribution is -2.35. The molecule has 0 unspecified atom stereocenters. The third-order valence-electron chi connectivity index (χ3n) is 4.32. The molecule has 2 aromatic rings. The Morgan fingerprint density at radius 1 is 1.29 bits per heavy atom. The van der Waals surface area contributed by atoms with Gasteiger partial charge in [-0.15, -0.1) is 0 Å². The van der Waals surface area contributed by atoms with Gasteiger partial charge in [-0.3, -0.25) is 4.68 Å². The number of nitrogens with zero attached hydrogens (tertiary/aromatic N) is 3. The summed E-state index contributed by atoms with van der Waals surface area (Å²) >= 11 is 0. The number of anilines is 1. The highest BCUT2D eigenvalue weighted by Crippen LogP contribution is 2.32. The Hall–Kier alpha value is -2.50. The molecule has 6 nitrogen and oxygen atoms in total. The van der Waals surface area contributed by atoms with Crippen molar-refractivity contribution in [2.45, 2.75) is 39.3 Å². The smallest absolute Gasteiger partial charge is 0.322 e. The first-order valence-corrected chi connectivity index (χ1v) is 8.55. The highest BCUT2D eigenvalue weighted by atomic mass is 16.5. The van der Waals surface area contributed by atoms with E-state index in [9.17, 15) is 4.79 Å². The normalized spacial score (nSPS) is 17.1. The molecule has 1 aromatic heterocycles. The third kappa shape index (κ3) is 3.37. The molecule has 0 saturated carbocycles. The summed E-state index contributed by atoms with van der Waals surface area (Å²) in [6.45, 7) is 6.22. The van der Waals surface area contributed by atoms with Crippen molar-refractivity contribution >= 4 is 11.7 Å². The summed E-state index contributed by atoms with van der Waals surface area (Å²) in [4.78, 5) is 14.6. The summed E-state index contributed by atoms with van der Waals surface area (Å²) in [5, 5.41) is 7.31. The fourth-order valence-electron chi connectivity index (χ4n) is 3.20. The van der Waals surface area contributed by atoms with Crippen molar-refractivity contribution in [3.8, 4) is 5.75 Å². The number of amides is 2. The monoisotopic (exact) mass is 328 g/mol. The Kier molecular flexibility index (Phi) is 5.03. The van der Waals surface area contributed by atoms with E-state index in [4.69, 9.17) is 4.74 Å². The van der Waals surface area contributed by atoms with Gasteiger partial charge in [-0.25, -0.2) is 4.79 Å². The second-order valence-corrected chi connectivity index (χ2v) is 5.81. The van der Waals surface area contributed by atoms with Crippen LogP contribution in [0.5, 0.6) is 5.75 Å². The molecule has 0 aliphatic carbocycles. The molecule has 1 fully saturated rings. The summed E-state index contributed by atoms with van der Waals surface area (Å²) in [5.74, 6) is 0.807. The topological polar surface area (TPSA) is 59.4 Å². The van der Waals surface area contributed by atoms with Crippen molar-refractivity contribution in [2.24, 2.45) is 0 Å². The first-order valence-electron chi connectivity index (χ1n) is 8.55. The van der Waals surface area contributed by atoms with E-state index >= 15 is 0 Å². The average Bonchev–Trinajstić information content (AvgIpc) is 3.25. The maximum atomic E-state index is 12.7. The number of hydrogen-bond donors (Lipinski definition) is 1. The quantitative estimate of drug-likeness (QED) is 0.911. The standard InChI is InChI=1S/C18H24N4O2/c1-3-22-17(11-12-19-22)16-6-5-13-21(16)18(23)20-14-7-9-15(10-8-14)24-4-2/h7-12,16H,3-6,13H2,1-2H3,(H,20,23)/t16-/m0/s1. The molecule has 128 valence electrons. The van der Waals surface area contributed by atoms with Crippen LogP contribution in [0.25, 0.3) is 0 Å². The number of likely N-dealkylation sites (tertiary alicyclic amines) is 1. The minimum Gasteiger partial charge on any atom is -0.494 e. The predicted molar refractivity (Wildman–Crippen MR) is 93.2 cm³/mol. The number of carbonyl (C=O) groups is 1. The van der Waals surface area contributed by atoms with Crippen molar-refractivity contribution in [3.63, 3.8) is 0 Å². The minimum absolute atomic E-state index is 0.0643. The Morgan fingerprint density at radius 3 is 2.79 bits per heavy atom. The molecule has 2 amide bonds. The molecule has 1 aliphatic rings. The average molecular weight is 328 g/mol. The molecule has 0 radical (unpaired) electrons. The third-order valence-corrected chi connectivity index (χ3v) is 4.32. The lowest BCUT2D eigenvalue weighted by molar-refractivity contribution is 0.204. The van der Waals surface area contributed by atoms with Crippen LogP contribution >= 0.6 is 0 Å². The molecule has 1 saturated heterocycles. The molecule has 0 bridgehead atoms. The van der Waals surface area contributed by atoms with Crippen LogP contribution in [0.2, 0.25) is 0 Å². The number of benzene rings is 1. The predicted octanol–water partition coefficient (Wildman–Crippen LogP) is 3.67. The summed E-state index contributed by atoms with van der Waals surface area (Å²) in [6, 6.07) is 9.51. The molecule has 3 rings (SSSR count). The van der Waals surface area contributed by atoms with Gasteiger partial charge in [-0.05, 0) is 57.0 Å². The molecule has 2 heterocycles. The van der Waals surface area contributed by atoms with Gasteiger partial charge in [-0.2, -0.15) is 5.10 Å².